The Labute approximate surface area is 244 Å². The maximum absolute atomic E-state index is 14.1. The summed E-state index contributed by atoms with van der Waals surface area (Å²) in [7, 11) is 0. The van der Waals surface area contributed by atoms with Gasteiger partial charge in [-0.2, -0.15) is 11.8 Å². The quantitative estimate of drug-likeness (QED) is 0.197. The summed E-state index contributed by atoms with van der Waals surface area (Å²) < 4.78 is 10.4. The van der Waals surface area contributed by atoms with Gasteiger partial charge in [-0.3, -0.25) is 14.4 Å². The highest BCUT2D eigenvalue weighted by Crippen LogP contribution is 2.25. The number of benzene rings is 1. The Hall–Kier alpha value is -2.75. The normalized spacial score (nSPS) is 12.7. The fourth-order valence-corrected chi connectivity index (χ4v) is 4.54. The number of esters is 1. The summed E-state index contributed by atoms with van der Waals surface area (Å²) in [6, 6.07) is 5.84. The number of rotatable bonds is 17. The lowest BCUT2D eigenvalue weighted by Gasteiger charge is -2.34. The molecule has 0 aliphatic heterocycles. The molecule has 0 saturated heterocycles. The predicted octanol–water partition coefficient (Wildman–Crippen LogP) is 5.02. The van der Waals surface area contributed by atoms with Crippen LogP contribution in [0.15, 0.2) is 24.3 Å². The average molecular weight is 580 g/mol. The summed E-state index contributed by atoms with van der Waals surface area (Å²) in [5, 5.41) is 5.59. The number of ether oxygens (including phenoxy) is 2. The zero-order chi connectivity index (χ0) is 30.1. The molecule has 1 aromatic carbocycles. The van der Waals surface area contributed by atoms with Crippen molar-refractivity contribution in [3.05, 3.63) is 35.4 Å². The number of hydrogen-bond donors (Lipinski definition) is 2. The predicted molar refractivity (Wildman–Crippen MR) is 160 cm³/mol. The van der Waals surface area contributed by atoms with Crippen LogP contribution in [0, 0.1) is 0 Å². The van der Waals surface area contributed by atoms with Crippen LogP contribution in [-0.2, 0) is 30.3 Å². The number of nitrogens with zero attached hydrogens (tertiary/aromatic N) is 1. The van der Waals surface area contributed by atoms with Crippen molar-refractivity contribution in [2.45, 2.75) is 97.8 Å². The number of alkyl carbamates (subject to hydrolysis) is 1. The van der Waals surface area contributed by atoms with E-state index in [4.69, 9.17) is 9.47 Å². The first-order valence-electron chi connectivity index (χ1n) is 14.3. The summed E-state index contributed by atoms with van der Waals surface area (Å²) in [4.78, 5) is 53.9. The Morgan fingerprint density at radius 2 is 1.70 bits per heavy atom. The van der Waals surface area contributed by atoms with Gasteiger partial charge in [0.15, 0.2) is 0 Å². The first-order valence-corrected chi connectivity index (χ1v) is 15.7. The van der Waals surface area contributed by atoms with Crippen molar-refractivity contribution < 1.29 is 28.7 Å². The van der Waals surface area contributed by atoms with Crippen molar-refractivity contribution in [3.8, 4) is 0 Å². The molecular weight excluding hydrogens is 530 g/mol. The molecule has 226 valence electrons. The molecule has 2 atom stereocenters. The summed E-state index contributed by atoms with van der Waals surface area (Å²) in [5.41, 5.74) is 1.05. The van der Waals surface area contributed by atoms with Crippen LogP contribution in [0.1, 0.15) is 90.8 Å². The lowest BCUT2D eigenvalue weighted by Crippen LogP contribution is -2.53. The Kier molecular flexibility index (Phi) is 16.4. The fourth-order valence-electron chi connectivity index (χ4n) is 4.07. The van der Waals surface area contributed by atoms with Gasteiger partial charge in [0.05, 0.1) is 13.0 Å². The molecule has 40 heavy (non-hydrogen) atoms. The molecule has 0 saturated carbocycles. The van der Waals surface area contributed by atoms with Gasteiger partial charge in [0, 0.05) is 13.1 Å². The van der Waals surface area contributed by atoms with Crippen molar-refractivity contribution in [1.29, 1.82) is 0 Å². The number of thioether (sulfide) groups is 1. The molecule has 0 radical (unpaired) electrons. The Morgan fingerprint density at radius 3 is 2.25 bits per heavy atom. The Bertz CT molecular complexity index is 932. The van der Waals surface area contributed by atoms with Crippen molar-refractivity contribution in [2.75, 3.05) is 31.7 Å². The minimum Gasteiger partial charge on any atom is -0.466 e. The molecule has 0 aromatic heterocycles. The number of carbonyl (C=O) groups is 4. The number of unbranched alkanes of at least 4 members (excludes halogenated alkanes) is 2. The fraction of sp³-hybridized carbons (Fsp3) is 0.667. The first kappa shape index (κ1) is 35.3. The monoisotopic (exact) mass is 579 g/mol. The molecule has 1 aromatic rings. The minimum absolute atomic E-state index is 0.0292. The first-order chi connectivity index (χ1) is 19.0. The van der Waals surface area contributed by atoms with Crippen LogP contribution >= 0.6 is 11.8 Å². The van der Waals surface area contributed by atoms with E-state index in [1.165, 1.54) is 0 Å². The molecule has 1 rings (SSSR count). The van der Waals surface area contributed by atoms with E-state index >= 15 is 0 Å². The van der Waals surface area contributed by atoms with Gasteiger partial charge in [0.1, 0.15) is 17.7 Å². The lowest BCUT2D eigenvalue weighted by atomic mass is 9.99. The topological polar surface area (TPSA) is 114 Å². The van der Waals surface area contributed by atoms with Crippen LogP contribution in [0.2, 0.25) is 0 Å². The average Bonchev–Trinajstić information content (AvgIpc) is 2.89. The molecule has 3 amide bonds. The molecule has 2 N–H and O–H groups in total. The molecule has 9 nitrogen and oxygen atoms in total. The molecule has 0 bridgehead atoms. The van der Waals surface area contributed by atoms with Gasteiger partial charge in [-0.25, -0.2) is 4.79 Å². The largest absolute Gasteiger partial charge is 0.466 e. The highest BCUT2D eigenvalue weighted by molar-refractivity contribution is 7.98. The number of aryl methyl sites for hydroxylation is 1. The van der Waals surface area contributed by atoms with Crippen molar-refractivity contribution in [2.24, 2.45) is 0 Å². The lowest BCUT2D eigenvalue weighted by molar-refractivity contribution is -0.144. The van der Waals surface area contributed by atoms with Crippen LogP contribution in [0.25, 0.3) is 0 Å². The number of hydrogen-bond acceptors (Lipinski definition) is 7. The van der Waals surface area contributed by atoms with Gasteiger partial charge in [-0.05, 0) is 70.1 Å². The third-order valence-electron chi connectivity index (χ3n) is 6.08. The maximum atomic E-state index is 14.1. The van der Waals surface area contributed by atoms with Crippen molar-refractivity contribution in [1.82, 2.24) is 15.5 Å². The van der Waals surface area contributed by atoms with Gasteiger partial charge in [-0.1, -0.05) is 51.0 Å². The second-order valence-electron chi connectivity index (χ2n) is 10.6. The van der Waals surface area contributed by atoms with Gasteiger partial charge in [-0.15, -0.1) is 0 Å². The number of amides is 3. The second kappa shape index (κ2) is 18.6. The van der Waals surface area contributed by atoms with Gasteiger partial charge in [0.25, 0.3) is 0 Å². The van der Waals surface area contributed by atoms with E-state index in [1.54, 1.807) is 44.4 Å². The smallest absolute Gasteiger partial charge is 0.408 e. The summed E-state index contributed by atoms with van der Waals surface area (Å²) in [5.74, 6) is -0.502. The van der Waals surface area contributed by atoms with Crippen LogP contribution in [0.5, 0.6) is 0 Å². The SMILES string of the molecule is CCCCCN(C(=O)C(CCSC)NC(=O)OC(C)(C)C)C(C(=O)NCCC(=O)OCC)c1ccc(CC)cc1. The van der Waals surface area contributed by atoms with E-state index in [9.17, 15) is 19.2 Å². The van der Waals surface area contributed by atoms with Crippen LogP contribution in [0.3, 0.4) is 0 Å². The van der Waals surface area contributed by atoms with E-state index in [0.717, 1.165) is 24.8 Å². The van der Waals surface area contributed by atoms with E-state index in [1.807, 2.05) is 37.4 Å². The standard InChI is InChI=1S/C30H49N3O6S/c1-8-11-12-20-33(28(36)24(18-21-40-7)32-29(37)39-30(4,5)6)26(23-15-13-22(9-2)14-16-23)27(35)31-19-17-25(34)38-10-3/h13-16,24,26H,8-12,17-21H2,1-7H3,(H,31,35)(H,32,37). The highest BCUT2D eigenvalue weighted by atomic mass is 32.2. The molecule has 10 heteroatoms. The summed E-state index contributed by atoms with van der Waals surface area (Å²) in [6.45, 7) is 11.8. The van der Waals surface area contributed by atoms with E-state index in [-0.39, 0.29) is 31.4 Å². The van der Waals surface area contributed by atoms with Crippen LogP contribution < -0.4 is 10.6 Å². The minimum atomic E-state index is -0.935. The van der Waals surface area contributed by atoms with Crippen LogP contribution in [-0.4, -0.2) is 72.1 Å². The molecule has 0 spiro atoms. The molecular formula is C30H49N3O6S. The number of nitrogens with one attached hydrogen (secondary N) is 2. The zero-order valence-electron chi connectivity index (χ0n) is 25.3. The third-order valence-corrected chi connectivity index (χ3v) is 6.73. The molecule has 0 aliphatic carbocycles. The summed E-state index contributed by atoms with van der Waals surface area (Å²) in [6.07, 6.45) is 5.03. The zero-order valence-corrected chi connectivity index (χ0v) is 26.2. The molecule has 0 fully saturated rings. The van der Waals surface area contributed by atoms with Gasteiger partial charge < -0.3 is 25.0 Å². The van der Waals surface area contributed by atoms with Crippen LogP contribution in [0.4, 0.5) is 4.79 Å². The van der Waals surface area contributed by atoms with Crippen molar-refractivity contribution >= 4 is 35.6 Å². The van der Waals surface area contributed by atoms with Gasteiger partial charge >= 0.3 is 12.1 Å². The van der Waals surface area contributed by atoms with E-state index in [0.29, 0.717) is 30.7 Å². The maximum Gasteiger partial charge on any atom is 0.408 e. The number of carbonyl (C=O) groups excluding carboxylic acids is 4. The van der Waals surface area contributed by atoms with E-state index in [2.05, 4.69) is 17.6 Å². The highest BCUT2D eigenvalue weighted by Gasteiger charge is 2.36. The second-order valence-corrected chi connectivity index (χ2v) is 11.5. The van der Waals surface area contributed by atoms with Gasteiger partial charge in [0.2, 0.25) is 11.8 Å². The molecule has 0 aliphatic rings. The Morgan fingerprint density at radius 1 is 1.02 bits per heavy atom. The molecule has 0 heterocycles. The van der Waals surface area contributed by atoms with E-state index < -0.39 is 29.7 Å². The van der Waals surface area contributed by atoms with Crippen molar-refractivity contribution in [3.63, 3.8) is 0 Å². The molecule has 2 unspecified atom stereocenters. The summed E-state index contributed by atoms with van der Waals surface area (Å²) >= 11 is 1.57. The third kappa shape index (κ3) is 13.1. The Balaban J connectivity index is 3.42.